The number of imidazole rings is 1. The van der Waals surface area contributed by atoms with E-state index in [1.807, 2.05) is 28.7 Å². The predicted molar refractivity (Wildman–Crippen MR) is 95.6 cm³/mol. The summed E-state index contributed by atoms with van der Waals surface area (Å²) in [6, 6.07) is 14.9. The topological polar surface area (TPSA) is 75.1 Å². The van der Waals surface area contributed by atoms with E-state index in [4.69, 9.17) is 11.6 Å². The second kappa shape index (κ2) is 6.18. The van der Waals surface area contributed by atoms with Crippen LogP contribution < -0.4 is 5.32 Å². The maximum absolute atomic E-state index is 12.1. The first kappa shape index (κ1) is 15.0. The number of hydrogen-bond acceptors (Lipinski definition) is 4. The molecule has 0 bridgehead atoms. The number of aromatic amines is 1. The molecule has 8 heteroatoms. The second-order valence-corrected chi connectivity index (χ2v) is 6.49. The highest BCUT2D eigenvalue weighted by molar-refractivity contribution is 7.99. The van der Waals surface area contributed by atoms with E-state index >= 15 is 0 Å². The Morgan fingerprint density at radius 3 is 3.00 bits per heavy atom. The highest BCUT2D eigenvalue weighted by Crippen LogP contribution is 2.23. The van der Waals surface area contributed by atoms with Crippen LogP contribution in [0.15, 0.2) is 53.7 Å². The first-order valence-corrected chi connectivity index (χ1v) is 8.57. The maximum atomic E-state index is 12.1. The molecule has 0 saturated heterocycles. The van der Waals surface area contributed by atoms with Crippen molar-refractivity contribution in [2.75, 3.05) is 11.1 Å². The summed E-state index contributed by atoms with van der Waals surface area (Å²) in [5.41, 5.74) is 2.52. The van der Waals surface area contributed by atoms with Gasteiger partial charge in [-0.2, -0.15) is 0 Å². The minimum absolute atomic E-state index is 0.122. The summed E-state index contributed by atoms with van der Waals surface area (Å²) in [6.45, 7) is 0. The number of rotatable bonds is 4. The molecule has 2 aromatic carbocycles. The highest BCUT2D eigenvalue weighted by atomic mass is 35.5. The van der Waals surface area contributed by atoms with Crippen molar-refractivity contribution in [2.45, 2.75) is 5.16 Å². The SMILES string of the molecule is O=C(CSc1n[nH]c2nc3ccccc3n12)Nc1cccc(Cl)c1. The van der Waals surface area contributed by atoms with Gasteiger partial charge in [-0.25, -0.2) is 10.1 Å². The largest absolute Gasteiger partial charge is 0.325 e. The van der Waals surface area contributed by atoms with Crippen LogP contribution in [0.1, 0.15) is 0 Å². The summed E-state index contributed by atoms with van der Waals surface area (Å²) < 4.78 is 1.91. The molecular weight excluding hydrogens is 346 g/mol. The molecule has 0 saturated carbocycles. The van der Waals surface area contributed by atoms with Crippen LogP contribution in [0.5, 0.6) is 0 Å². The highest BCUT2D eigenvalue weighted by Gasteiger charge is 2.13. The van der Waals surface area contributed by atoms with E-state index < -0.39 is 0 Å². The van der Waals surface area contributed by atoms with Gasteiger partial charge in [0, 0.05) is 10.7 Å². The first-order valence-electron chi connectivity index (χ1n) is 7.20. The number of hydrogen-bond donors (Lipinski definition) is 2. The van der Waals surface area contributed by atoms with Crippen molar-refractivity contribution in [3.05, 3.63) is 53.6 Å². The number of H-pyrrole nitrogens is 1. The van der Waals surface area contributed by atoms with Crippen LogP contribution in [0.3, 0.4) is 0 Å². The lowest BCUT2D eigenvalue weighted by Crippen LogP contribution is -2.14. The Balaban J connectivity index is 1.51. The number of benzene rings is 2. The Hall–Kier alpha value is -2.51. The Morgan fingerprint density at radius 1 is 1.25 bits per heavy atom. The van der Waals surface area contributed by atoms with E-state index in [1.165, 1.54) is 11.8 Å². The summed E-state index contributed by atoms with van der Waals surface area (Å²) in [4.78, 5) is 16.6. The van der Waals surface area contributed by atoms with Crippen LogP contribution in [0.2, 0.25) is 5.02 Å². The van der Waals surface area contributed by atoms with Crippen LogP contribution in [0.25, 0.3) is 16.8 Å². The molecule has 4 rings (SSSR count). The van der Waals surface area contributed by atoms with Gasteiger partial charge in [-0.1, -0.05) is 41.6 Å². The van der Waals surface area contributed by atoms with E-state index in [0.717, 1.165) is 11.0 Å². The van der Waals surface area contributed by atoms with Gasteiger partial charge in [0.1, 0.15) is 0 Å². The molecule has 0 fully saturated rings. The second-order valence-electron chi connectivity index (χ2n) is 5.11. The molecule has 2 heterocycles. The predicted octanol–water partition coefficient (Wildman–Crippen LogP) is 3.59. The third kappa shape index (κ3) is 2.83. The number of carbonyl (C=O) groups is 1. The summed E-state index contributed by atoms with van der Waals surface area (Å²) in [5.74, 6) is 0.774. The number of para-hydroxylation sites is 2. The van der Waals surface area contributed by atoms with Crippen molar-refractivity contribution < 1.29 is 4.79 Å². The summed E-state index contributed by atoms with van der Waals surface area (Å²) in [5, 5.41) is 11.2. The number of aromatic nitrogens is 4. The number of anilines is 1. The molecule has 0 aliphatic rings. The molecule has 0 aliphatic heterocycles. The normalized spacial score (nSPS) is 11.2. The van der Waals surface area contributed by atoms with Gasteiger partial charge in [0.2, 0.25) is 11.7 Å². The standard InChI is InChI=1S/C16H12ClN5OS/c17-10-4-3-5-11(8-10)18-14(23)9-24-16-21-20-15-19-12-6-1-2-7-13(12)22(15)16/h1-8H,9H2,(H,18,23)(H,19,20). The van der Waals surface area contributed by atoms with Crippen LogP contribution >= 0.6 is 23.4 Å². The lowest BCUT2D eigenvalue weighted by atomic mass is 10.3. The fourth-order valence-electron chi connectivity index (χ4n) is 2.43. The molecule has 2 aromatic heterocycles. The molecular formula is C16H12ClN5OS. The zero-order chi connectivity index (χ0) is 16.5. The maximum Gasteiger partial charge on any atom is 0.234 e. The van der Waals surface area contributed by atoms with E-state index in [9.17, 15) is 4.79 Å². The van der Waals surface area contributed by atoms with Crippen molar-refractivity contribution in [2.24, 2.45) is 0 Å². The van der Waals surface area contributed by atoms with Crippen molar-refractivity contribution in [1.82, 2.24) is 19.6 Å². The van der Waals surface area contributed by atoms with Gasteiger partial charge in [0.25, 0.3) is 0 Å². The van der Waals surface area contributed by atoms with Crippen LogP contribution in [-0.2, 0) is 4.79 Å². The zero-order valence-corrected chi connectivity index (χ0v) is 13.9. The average molecular weight is 358 g/mol. The van der Waals surface area contributed by atoms with Gasteiger partial charge in [-0.05, 0) is 30.3 Å². The van der Waals surface area contributed by atoms with Crippen LogP contribution in [-0.4, -0.2) is 31.2 Å². The van der Waals surface area contributed by atoms with E-state index in [2.05, 4.69) is 20.5 Å². The Kier molecular flexibility index (Phi) is 3.87. The molecule has 0 radical (unpaired) electrons. The van der Waals surface area contributed by atoms with Crippen molar-refractivity contribution >= 4 is 51.8 Å². The van der Waals surface area contributed by atoms with E-state index in [0.29, 0.717) is 21.6 Å². The third-order valence-electron chi connectivity index (χ3n) is 3.44. The summed E-state index contributed by atoms with van der Waals surface area (Å²) >= 11 is 7.26. The number of nitrogens with one attached hydrogen (secondary N) is 2. The lowest BCUT2D eigenvalue weighted by Gasteiger charge is -2.04. The molecule has 4 aromatic rings. The number of carbonyl (C=O) groups excluding carboxylic acids is 1. The number of fused-ring (bicyclic) bond motifs is 3. The molecule has 6 nitrogen and oxygen atoms in total. The van der Waals surface area contributed by atoms with Crippen LogP contribution in [0.4, 0.5) is 5.69 Å². The number of thioether (sulfide) groups is 1. The van der Waals surface area contributed by atoms with Gasteiger partial charge < -0.3 is 5.32 Å². The minimum Gasteiger partial charge on any atom is -0.325 e. The molecule has 0 aliphatic carbocycles. The molecule has 0 unspecified atom stereocenters. The van der Waals surface area contributed by atoms with Gasteiger partial charge >= 0.3 is 0 Å². The lowest BCUT2D eigenvalue weighted by molar-refractivity contribution is -0.113. The van der Waals surface area contributed by atoms with Crippen molar-refractivity contribution in [3.8, 4) is 0 Å². The smallest absolute Gasteiger partial charge is 0.234 e. The first-order chi connectivity index (χ1) is 11.7. The van der Waals surface area contributed by atoms with Crippen molar-refractivity contribution in [3.63, 3.8) is 0 Å². The Labute approximate surface area is 146 Å². The fraction of sp³-hybridized carbons (Fsp3) is 0.0625. The van der Waals surface area contributed by atoms with E-state index in [1.54, 1.807) is 24.3 Å². The Bertz CT molecular complexity index is 1040. The molecule has 24 heavy (non-hydrogen) atoms. The number of amides is 1. The number of nitrogens with zero attached hydrogens (tertiary/aromatic N) is 3. The molecule has 0 atom stereocenters. The number of halogens is 1. The molecule has 2 N–H and O–H groups in total. The average Bonchev–Trinajstić information content (AvgIpc) is 3.12. The monoisotopic (exact) mass is 357 g/mol. The van der Waals surface area contributed by atoms with Gasteiger partial charge in [-0.15, -0.1) is 5.10 Å². The van der Waals surface area contributed by atoms with Gasteiger partial charge in [0.05, 0.1) is 16.8 Å². The fourth-order valence-corrected chi connectivity index (χ4v) is 3.38. The molecule has 0 spiro atoms. The van der Waals surface area contributed by atoms with Crippen molar-refractivity contribution in [1.29, 1.82) is 0 Å². The molecule has 1 amide bonds. The van der Waals surface area contributed by atoms with E-state index in [-0.39, 0.29) is 11.7 Å². The quantitative estimate of drug-likeness (QED) is 0.547. The summed E-state index contributed by atoms with van der Waals surface area (Å²) in [7, 11) is 0. The Morgan fingerprint density at radius 2 is 2.12 bits per heavy atom. The van der Waals surface area contributed by atoms with Gasteiger partial charge in [0.15, 0.2) is 5.16 Å². The van der Waals surface area contributed by atoms with Crippen LogP contribution in [0, 0.1) is 0 Å². The third-order valence-corrected chi connectivity index (χ3v) is 4.62. The summed E-state index contributed by atoms with van der Waals surface area (Å²) in [6.07, 6.45) is 0. The molecule has 120 valence electrons. The van der Waals surface area contributed by atoms with Gasteiger partial charge in [-0.3, -0.25) is 9.20 Å². The minimum atomic E-state index is -0.122. The zero-order valence-electron chi connectivity index (χ0n) is 12.4.